The van der Waals surface area contributed by atoms with E-state index in [1.54, 1.807) is 0 Å². The molecule has 0 unspecified atom stereocenters. The molecule has 0 rings (SSSR count). The van der Waals surface area contributed by atoms with Crippen LogP contribution in [-0.4, -0.2) is 36.5 Å². The fourth-order valence-corrected chi connectivity index (χ4v) is 3.68. The van der Waals surface area contributed by atoms with Crippen LogP contribution in [0.1, 0.15) is 128 Å². The Balaban J connectivity index is 2.95. The molecule has 164 valence electrons. The van der Waals surface area contributed by atoms with Crippen LogP contribution in [0.4, 0.5) is 0 Å². The summed E-state index contributed by atoms with van der Waals surface area (Å²) < 4.78 is 0. The first-order valence-electron chi connectivity index (χ1n) is 12.3. The van der Waals surface area contributed by atoms with Gasteiger partial charge in [-0.15, -0.1) is 0 Å². The van der Waals surface area contributed by atoms with Gasteiger partial charge in [-0.25, -0.2) is 0 Å². The van der Waals surface area contributed by atoms with Crippen molar-refractivity contribution in [2.75, 3.05) is 26.3 Å². The Labute approximate surface area is 170 Å². The number of hydrogen-bond donors (Lipinski definition) is 3. The summed E-state index contributed by atoms with van der Waals surface area (Å²) >= 11 is 0. The van der Waals surface area contributed by atoms with Crippen molar-refractivity contribution in [2.24, 2.45) is 0 Å². The van der Waals surface area contributed by atoms with Crippen molar-refractivity contribution in [1.82, 2.24) is 5.32 Å². The van der Waals surface area contributed by atoms with Crippen LogP contribution in [0.3, 0.4) is 0 Å². The molecule has 0 fully saturated rings. The van der Waals surface area contributed by atoms with Gasteiger partial charge in [0.15, 0.2) is 0 Å². The van der Waals surface area contributed by atoms with Crippen LogP contribution in [0.2, 0.25) is 0 Å². The highest BCUT2D eigenvalue weighted by atomic mass is 16.3. The molecule has 0 aliphatic rings. The minimum Gasteiger partial charge on any atom is -0.396 e. The maximum atomic E-state index is 8.73. The highest BCUT2D eigenvalue weighted by Crippen LogP contribution is 2.12. The van der Waals surface area contributed by atoms with Gasteiger partial charge in [-0.3, -0.25) is 0 Å². The SMILES string of the molecule is OCCCCCCCCCCCCCCCCNCCCCCCCCO. The van der Waals surface area contributed by atoms with Crippen molar-refractivity contribution >= 4 is 0 Å². The first-order chi connectivity index (χ1) is 13.4. The van der Waals surface area contributed by atoms with E-state index in [-0.39, 0.29) is 0 Å². The first-order valence-corrected chi connectivity index (χ1v) is 12.3. The summed E-state index contributed by atoms with van der Waals surface area (Å²) in [7, 11) is 0. The molecule has 0 aliphatic carbocycles. The Morgan fingerprint density at radius 3 is 0.778 bits per heavy atom. The summed E-state index contributed by atoms with van der Waals surface area (Å²) in [5.41, 5.74) is 0. The molecule has 0 aromatic carbocycles. The molecule has 0 atom stereocenters. The first kappa shape index (κ1) is 26.9. The molecule has 0 aliphatic heterocycles. The number of hydrogen-bond acceptors (Lipinski definition) is 3. The monoisotopic (exact) mass is 385 g/mol. The van der Waals surface area contributed by atoms with E-state index in [0.717, 1.165) is 12.8 Å². The predicted molar refractivity (Wildman–Crippen MR) is 119 cm³/mol. The van der Waals surface area contributed by atoms with Crippen LogP contribution < -0.4 is 5.32 Å². The second-order valence-electron chi connectivity index (χ2n) is 8.27. The lowest BCUT2D eigenvalue weighted by atomic mass is 10.0. The molecular formula is C24H51NO2. The number of aliphatic hydroxyl groups is 2. The van der Waals surface area contributed by atoms with E-state index in [4.69, 9.17) is 10.2 Å². The van der Waals surface area contributed by atoms with Crippen LogP contribution >= 0.6 is 0 Å². The van der Waals surface area contributed by atoms with Gasteiger partial charge in [0.2, 0.25) is 0 Å². The third kappa shape index (κ3) is 25.9. The minimum atomic E-state index is 0.356. The summed E-state index contributed by atoms with van der Waals surface area (Å²) in [6, 6.07) is 0. The molecular weight excluding hydrogens is 334 g/mol. The predicted octanol–water partition coefficient (Wildman–Crippen LogP) is 6.36. The smallest absolute Gasteiger partial charge is 0.0431 e. The van der Waals surface area contributed by atoms with Crippen molar-refractivity contribution in [2.45, 2.75) is 128 Å². The Hall–Kier alpha value is -0.120. The molecule has 27 heavy (non-hydrogen) atoms. The van der Waals surface area contributed by atoms with Crippen molar-refractivity contribution in [3.8, 4) is 0 Å². The second kappa shape index (κ2) is 25.9. The van der Waals surface area contributed by atoms with Gasteiger partial charge in [0.05, 0.1) is 0 Å². The van der Waals surface area contributed by atoms with Gasteiger partial charge in [0, 0.05) is 13.2 Å². The zero-order valence-electron chi connectivity index (χ0n) is 18.4. The Kier molecular flexibility index (Phi) is 25.8. The Bertz CT molecular complexity index is 225. The lowest BCUT2D eigenvalue weighted by Crippen LogP contribution is -2.16. The molecule has 0 spiro atoms. The molecule has 0 aromatic rings. The summed E-state index contributed by atoms with van der Waals surface area (Å²) in [5, 5.41) is 21.0. The molecule has 0 aromatic heterocycles. The van der Waals surface area contributed by atoms with E-state index < -0.39 is 0 Å². The van der Waals surface area contributed by atoms with Crippen LogP contribution in [0.15, 0.2) is 0 Å². The van der Waals surface area contributed by atoms with Crippen LogP contribution in [-0.2, 0) is 0 Å². The number of aliphatic hydroxyl groups excluding tert-OH is 2. The highest BCUT2D eigenvalue weighted by Gasteiger charge is 1.95. The van der Waals surface area contributed by atoms with Gasteiger partial charge in [-0.05, 0) is 38.8 Å². The summed E-state index contributed by atoms with van der Waals surface area (Å²) in [6.45, 7) is 3.10. The largest absolute Gasteiger partial charge is 0.396 e. The number of rotatable bonds is 24. The van der Waals surface area contributed by atoms with E-state index in [9.17, 15) is 0 Å². The van der Waals surface area contributed by atoms with Crippen molar-refractivity contribution in [3.63, 3.8) is 0 Å². The lowest BCUT2D eigenvalue weighted by molar-refractivity contribution is 0.282. The maximum Gasteiger partial charge on any atom is 0.0431 e. The molecule has 0 bridgehead atoms. The quantitative estimate of drug-likeness (QED) is 0.169. The standard InChI is InChI=1S/C24H51NO2/c26-23-19-15-11-8-6-4-2-1-3-5-7-9-13-17-21-25-22-18-14-10-12-16-20-24-27/h25-27H,1-24H2. The number of nitrogens with one attached hydrogen (secondary N) is 1. The third-order valence-corrected chi connectivity index (χ3v) is 5.52. The lowest BCUT2D eigenvalue weighted by Gasteiger charge is -2.05. The molecule has 0 saturated heterocycles. The van der Waals surface area contributed by atoms with E-state index in [1.807, 2.05) is 0 Å². The van der Waals surface area contributed by atoms with Gasteiger partial charge in [0.25, 0.3) is 0 Å². The average Bonchev–Trinajstić information content (AvgIpc) is 2.68. The average molecular weight is 386 g/mol. The van der Waals surface area contributed by atoms with Crippen molar-refractivity contribution in [1.29, 1.82) is 0 Å². The summed E-state index contributed by atoms with van der Waals surface area (Å²) in [5.74, 6) is 0. The van der Waals surface area contributed by atoms with Gasteiger partial charge in [-0.2, -0.15) is 0 Å². The Morgan fingerprint density at radius 2 is 0.519 bits per heavy atom. The topological polar surface area (TPSA) is 52.5 Å². The van der Waals surface area contributed by atoms with Gasteiger partial charge < -0.3 is 15.5 Å². The highest BCUT2D eigenvalue weighted by molar-refractivity contribution is 4.53. The molecule has 3 heteroatoms. The summed E-state index contributed by atoms with van der Waals surface area (Å²) in [6.07, 6.45) is 26.4. The molecule has 3 nitrogen and oxygen atoms in total. The van der Waals surface area contributed by atoms with Crippen LogP contribution in [0.5, 0.6) is 0 Å². The maximum absolute atomic E-state index is 8.73. The molecule has 0 amide bonds. The fourth-order valence-electron chi connectivity index (χ4n) is 3.68. The van der Waals surface area contributed by atoms with Crippen molar-refractivity contribution < 1.29 is 10.2 Å². The van der Waals surface area contributed by atoms with Gasteiger partial charge >= 0.3 is 0 Å². The van der Waals surface area contributed by atoms with Crippen LogP contribution in [0.25, 0.3) is 0 Å². The van der Waals surface area contributed by atoms with E-state index in [2.05, 4.69) is 5.32 Å². The van der Waals surface area contributed by atoms with Crippen LogP contribution in [0, 0.1) is 0 Å². The molecule has 3 N–H and O–H groups in total. The molecule has 0 saturated carbocycles. The fraction of sp³-hybridized carbons (Fsp3) is 1.00. The summed E-state index contributed by atoms with van der Waals surface area (Å²) in [4.78, 5) is 0. The third-order valence-electron chi connectivity index (χ3n) is 5.52. The molecule has 0 heterocycles. The normalized spacial score (nSPS) is 11.3. The van der Waals surface area contributed by atoms with Gasteiger partial charge in [0.1, 0.15) is 0 Å². The second-order valence-corrected chi connectivity index (χ2v) is 8.27. The minimum absolute atomic E-state index is 0.356. The molecule has 0 radical (unpaired) electrons. The van der Waals surface area contributed by atoms with E-state index >= 15 is 0 Å². The van der Waals surface area contributed by atoms with Gasteiger partial charge in [-0.1, -0.05) is 103 Å². The zero-order chi connectivity index (χ0) is 19.7. The zero-order valence-corrected chi connectivity index (χ0v) is 18.4. The van der Waals surface area contributed by atoms with Crippen molar-refractivity contribution in [3.05, 3.63) is 0 Å². The number of unbranched alkanes of at least 4 members (excludes halogenated alkanes) is 18. The van der Waals surface area contributed by atoms with E-state index in [0.29, 0.717) is 13.2 Å². The Morgan fingerprint density at radius 1 is 0.296 bits per heavy atom. The van der Waals surface area contributed by atoms with E-state index in [1.165, 1.54) is 129 Å².